The summed E-state index contributed by atoms with van der Waals surface area (Å²) in [5, 5.41) is 4.42. The minimum Gasteiger partial charge on any atom is -0.304 e. The Kier molecular flexibility index (Phi) is 1.89. The van der Waals surface area contributed by atoms with Crippen LogP contribution in [0.5, 0.6) is 0 Å². The van der Waals surface area contributed by atoms with Gasteiger partial charge >= 0.3 is 0 Å². The van der Waals surface area contributed by atoms with Crippen LogP contribution < -0.4 is 0 Å². The molecule has 0 aliphatic carbocycles. The highest BCUT2D eigenvalue weighted by Gasteiger charge is 2.20. The molecule has 2 rings (SSSR count). The normalized spacial score (nSPS) is 25.0. The van der Waals surface area contributed by atoms with E-state index in [-0.39, 0.29) is 0 Å². The minimum atomic E-state index is 0.601. The Balaban J connectivity index is 2.11. The second-order valence-electron chi connectivity index (χ2n) is 3.64. The highest BCUT2D eigenvalue weighted by atomic mass is 15.3. The van der Waals surface area contributed by atoms with Gasteiger partial charge in [0, 0.05) is 12.7 Å². The highest BCUT2D eigenvalue weighted by Crippen LogP contribution is 2.18. The zero-order chi connectivity index (χ0) is 8.55. The largest absolute Gasteiger partial charge is 0.304 e. The van der Waals surface area contributed by atoms with E-state index < -0.39 is 0 Å². The number of likely N-dealkylation sites (tertiary alicyclic amines) is 1. The summed E-state index contributed by atoms with van der Waals surface area (Å²) < 4.78 is 2.10. The number of rotatable bonds is 1. The zero-order valence-electron chi connectivity index (χ0n) is 7.70. The lowest BCUT2D eigenvalue weighted by Gasteiger charge is -2.10. The van der Waals surface area contributed by atoms with Gasteiger partial charge in [-0.1, -0.05) is 0 Å². The van der Waals surface area contributed by atoms with Gasteiger partial charge in [0.2, 0.25) is 0 Å². The zero-order valence-corrected chi connectivity index (χ0v) is 7.70. The van der Waals surface area contributed by atoms with Gasteiger partial charge in [-0.3, -0.25) is 4.68 Å². The molecule has 3 nitrogen and oxygen atoms in total. The Labute approximate surface area is 73.0 Å². The number of aryl methyl sites for hydroxylation is 1. The van der Waals surface area contributed by atoms with Gasteiger partial charge in [0.15, 0.2) is 0 Å². The van der Waals surface area contributed by atoms with Crippen molar-refractivity contribution in [1.82, 2.24) is 14.7 Å². The number of aromatic nitrogens is 2. The average molecular weight is 165 g/mol. The lowest BCUT2D eigenvalue weighted by molar-refractivity contribution is 0.381. The van der Waals surface area contributed by atoms with Crippen LogP contribution in [0, 0.1) is 6.92 Å². The van der Waals surface area contributed by atoms with Crippen LogP contribution in [-0.4, -0.2) is 34.8 Å². The first kappa shape index (κ1) is 7.80. The van der Waals surface area contributed by atoms with Crippen molar-refractivity contribution < 1.29 is 0 Å². The third-order valence-corrected chi connectivity index (χ3v) is 2.48. The predicted octanol–water partition coefficient (Wildman–Crippen LogP) is 1.07. The maximum absolute atomic E-state index is 4.42. The van der Waals surface area contributed by atoms with Gasteiger partial charge in [0.05, 0.1) is 11.7 Å². The lowest BCUT2D eigenvalue weighted by Crippen LogP contribution is -2.16. The fraction of sp³-hybridized carbons (Fsp3) is 0.667. The molecule has 0 amide bonds. The van der Waals surface area contributed by atoms with Gasteiger partial charge in [0.1, 0.15) is 0 Å². The topological polar surface area (TPSA) is 21.1 Å². The van der Waals surface area contributed by atoms with Crippen molar-refractivity contribution in [2.45, 2.75) is 19.4 Å². The van der Waals surface area contributed by atoms with E-state index in [9.17, 15) is 0 Å². The van der Waals surface area contributed by atoms with E-state index in [0.29, 0.717) is 6.04 Å². The molecule has 0 N–H and O–H groups in total. The average Bonchev–Trinajstić information content (AvgIpc) is 2.58. The molecule has 1 atom stereocenters. The molecule has 1 fully saturated rings. The Hall–Kier alpha value is -0.830. The number of hydrogen-bond donors (Lipinski definition) is 0. The Morgan fingerprint density at radius 2 is 2.42 bits per heavy atom. The number of nitrogens with zero attached hydrogens (tertiary/aromatic N) is 3. The summed E-state index contributed by atoms with van der Waals surface area (Å²) in [6.45, 7) is 4.37. The van der Waals surface area contributed by atoms with Crippen molar-refractivity contribution in [2.24, 2.45) is 0 Å². The van der Waals surface area contributed by atoms with Crippen LogP contribution in [0.25, 0.3) is 0 Å². The van der Waals surface area contributed by atoms with Gasteiger partial charge in [-0.15, -0.1) is 0 Å². The summed E-state index contributed by atoms with van der Waals surface area (Å²) in [7, 11) is 2.16. The van der Waals surface area contributed by atoms with Gasteiger partial charge in [-0.05, 0) is 33.0 Å². The van der Waals surface area contributed by atoms with Gasteiger partial charge < -0.3 is 4.90 Å². The maximum atomic E-state index is 4.42. The molecule has 1 aliphatic rings. The van der Waals surface area contributed by atoms with Crippen molar-refractivity contribution >= 4 is 0 Å². The summed E-state index contributed by atoms with van der Waals surface area (Å²) >= 11 is 0. The van der Waals surface area contributed by atoms with Gasteiger partial charge in [-0.25, -0.2) is 0 Å². The van der Waals surface area contributed by atoms with Crippen LogP contribution in [0.3, 0.4) is 0 Å². The standard InChI is InChI=1S/C9H15N3/c1-8-3-6-12(10-8)9-4-5-11(2)7-9/h3,6,9H,4-5,7H2,1-2H3. The van der Waals surface area contributed by atoms with E-state index in [1.54, 1.807) is 0 Å². The number of likely N-dealkylation sites (N-methyl/N-ethyl adjacent to an activating group) is 1. The summed E-state index contributed by atoms with van der Waals surface area (Å²) in [5.41, 5.74) is 1.12. The molecule has 1 aromatic rings. The van der Waals surface area contributed by atoms with Gasteiger partial charge in [0.25, 0.3) is 0 Å². The molecule has 0 bridgehead atoms. The smallest absolute Gasteiger partial charge is 0.0658 e. The molecule has 12 heavy (non-hydrogen) atoms. The minimum absolute atomic E-state index is 0.601. The molecule has 66 valence electrons. The fourth-order valence-corrected chi connectivity index (χ4v) is 1.76. The Morgan fingerprint density at radius 1 is 1.58 bits per heavy atom. The number of hydrogen-bond acceptors (Lipinski definition) is 2. The molecule has 0 saturated carbocycles. The van der Waals surface area contributed by atoms with E-state index >= 15 is 0 Å². The molecule has 2 heterocycles. The van der Waals surface area contributed by atoms with Crippen molar-refractivity contribution in [3.8, 4) is 0 Å². The molecule has 1 aliphatic heterocycles. The van der Waals surface area contributed by atoms with Crippen molar-refractivity contribution in [1.29, 1.82) is 0 Å². The van der Waals surface area contributed by atoms with Crippen molar-refractivity contribution in [2.75, 3.05) is 20.1 Å². The molecular weight excluding hydrogens is 150 g/mol. The van der Waals surface area contributed by atoms with E-state index in [2.05, 4.69) is 34.0 Å². The van der Waals surface area contributed by atoms with E-state index in [4.69, 9.17) is 0 Å². The second kappa shape index (κ2) is 2.90. The van der Waals surface area contributed by atoms with Crippen LogP contribution in [-0.2, 0) is 0 Å². The summed E-state index contributed by atoms with van der Waals surface area (Å²) in [6.07, 6.45) is 3.32. The first-order valence-electron chi connectivity index (χ1n) is 4.46. The molecule has 1 aromatic heterocycles. The van der Waals surface area contributed by atoms with Crippen LogP contribution >= 0.6 is 0 Å². The quantitative estimate of drug-likeness (QED) is 0.620. The molecule has 3 heteroatoms. The van der Waals surface area contributed by atoms with Crippen molar-refractivity contribution in [3.05, 3.63) is 18.0 Å². The molecule has 1 unspecified atom stereocenters. The van der Waals surface area contributed by atoms with Crippen LogP contribution in [0.1, 0.15) is 18.2 Å². The summed E-state index contributed by atoms with van der Waals surface area (Å²) in [4.78, 5) is 2.35. The SMILES string of the molecule is Cc1ccn(C2CCN(C)C2)n1. The summed E-state index contributed by atoms with van der Waals surface area (Å²) in [6, 6.07) is 2.67. The first-order valence-corrected chi connectivity index (χ1v) is 4.46. The Morgan fingerprint density at radius 3 is 2.92 bits per heavy atom. The highest BCUT2D eigenvalue weighted by molar-refractivity contribution is 4.97. The molecular formula is C9H15N3. The van der Waals surface area contributed by atoms with E-state index in [0.717, 1.165) is 12.2 Å². The molecule has 0 spiro atoms. The second-order valence-corrected chi connectivity index (χ2v) is 3.64. The maximum Gasteiger partial charge on any atom is 0.0658 e. The molecule has 0 aromatic carbocycles. The monoisotopic (exact) mass is 165 g/mol. The first-order chi connectivity index (χ1) is 5.75. The van der Waals surface area contributed by atoms with Crippen LogP contribution in [0.15, 0.2) is 12.3 Å². The van der Waals surface area contributed by atoms with E-state index in [1.807, 2.05) is 6.92 Å². The third-order valence-electron chi connectivity index (χ3n) is 2.48. The van der Waals surface area contributed by atoms with Crippen molar-refractivity contribution in [3.63, 3.8) is 0 Å². The molecule has 1 saturated heterocycles. The Bertz CT molecular complexity index is 266. The van der Waals surface area contributed by atoms with Crippen LogP contribution in [0.2, 0.25) is 0 Å². The van der Waals surface area contributed by atoms with Crippen LogP contribution in [0.4, 0.5) is 0 Å². The van der Waals surface area contributed by atoms with E-state index in [1.165, 1.54) is 13.0 Å². The lowest BCUT2D eigenvalue weighted by atomic mass is 10.3. The fourth-order valence-electron chi connectivity index (χ4n) is 1.76. The third kappa shape index (κ3) is 1.37. The predicted molar refractivity (Wildman–Crippen MR) is 48.1 cm³/mol. The van der Waals surface area contributed by atoms with Gasteiger partial charge in [-0.2, -0.15) is 5.10 Å². The summed E-state index contributed by atoms with van der Waals surface area (Å²) in [5.74, 6) is 0. The molecule has 0 radical (unpaired) electrons.